The van der Waals surface area contributed by atoms with Crippen molar-refractivity contribution >= 4 is 11.7 Å². The van der Waals surface area contributed by atoms with Gasteiger partial charge >= 0.3 is 6.03 Å². The Hall–Kier alpha value is -2.50. The van der Waals surface area contributed by atoms with E-state index in [1.807, 2.05) is 30.5 Å². The molecule has 6 heteroatoms. The molecule has 2 aromatic rings. The number of hydrogen-bond acceptors (Lipinski definition) is 3. The average molecular weight is 342 g/mol. The van der Waals surface area contributed by atoms with Gasteiger partial charge in [-0.3, -0.25) is 4.68 Å². The van der Waals surface area contributed by atoms with Gasteiger partial charge in [0.15, 0.2) is 0 Å². The fourth-order valence-corrected chi connectivity index (χ4v) is 3.35. The highest BCUT2D eigenvalue weighted by molar-refractivity contribution is 5.91. The minimum Gasteiger partial charge on any atom is -0.495 e. The molecule has 3 rings (SSSR count). The minimum absolute atomic E-state index is 0.0189. The number of benzene rings is 1. The van der Waals surface area contributed by atoms with Crippen molar-refractivity contribution < 1.29 is 9.53 Å². The third-order valence-electron chi connectivity index (χ3n) is 4.48. The molecule has 1 aromatic heterocycles. The first kappa shape index (κ1) is 17.3. The van der Waals surface area contributed by atoms with Crippen LogP contribution in [0.1, 0.15) is 50.9 Å². The van der Waals surface area contributed by atoms with Crippen molar-refractivity contribution in [1.29, 1.82) is 0 Å². The molecule has 6 nitrogen and oxygen atoms in total. The van der Waals surface area contributed by atoms with Gasteiger partial charge in [0, 0.05) is 11.3 Å². The Balaban J connectivity index is 1.75. The topological polar surface area (TPSA) is 68.2 Å². The zero-order chi connectivity index (χ0) is 18.0. The first-order valence-electron chi connectivity index (χ1n) is 8.68. The first-order chi connectivity index (χ1) is 11.9. The SMILES string of the molecule is COc1ccccc1NC(=O)N[C@H]1CCCc2c1cnn2C(C)(C)C. The molecule has 2 amide bonds. The molecule has 25 heavy (non-hydrogen) atoms. The molecule has 1 aliphatic carbocycles. The summed E-state index contributed by atoms with van der Waals surface area (Å²) < 4.78 is 7.36. The molecule has 0 spiro atoms. The van der Waals surface area contributed by atoms with Crippen molar-refractivity contribution in [3.05, 3.63) is 41.7 Å². The van der Waals surface area contributed by atoms with Crippen LogP contribution in [0.4, 0.5) is 10.5 Å². The predicted molar refractivity (Wildman–Crippen MR) is 98.1 cm³/mol. The smallest absolute Gasteiger partial charge is 0.319 e. The van der Waals surface area contributed by atoms with Crippen LogP contribution in [-0.2, 0) is 12.0 Å². The summed E-state index contributed by atoms with van der Waals surface area (Å²) >= 11 is 0. The van der Waals surface area contributed by atoms with E-state index >= 15 is 0 Å². The molecule has 1 aliphatic rings. The van der Waals surface area contributed by atoms with Gasteiger partial charge < -0.3 is 15.4 Å². The van der Waals surface area contributed by atoms with Crippen LogP contribution in [0.25, 0.3) is 0 Å². The molecule has 0 saturated heterocycles. The molecular formula is C19H26N4O2. The summed E-state index contributed by atoms with van der Waals surface area (Å²) in [7, 11) is 1.59. The number of nitrogens with one attached hydrogen (secondary N) is 2. The first-order valence-corrected chi connectivity index (χ1v) is 8.68. The standard InChI is InChI=1S/C19H26N4O2/c1-19(2,3)23-16-10-7-9-14(13(16)12-20-23)21-18(24)22-15-8-5-6-11-17(15)25-4/h5-6,8,11-12,14H,7,9-10H2,1-4H3,(H2,21,22,24)/t14-/m0/s1. The van der Waals surface area contributed by atoms with Crippen LogP contribution < -0.4 is 15.4 Å². The van der Waals surface area contributed by atoms with E-state index in [0.717, 1.165) is 24.8 Å². The maximum atomic E-state index is 12.5. The lowest BCUT2D eigenvalue weighted by Crippen LogP contribution is -2.35. The molecule has 1 aromatic carbocycles. The van der Waals surface area contributed by atoms with Crippen molar-refractivity contribution in [2.75, 3.05) is 12.4 Å². The summed E-state index contributed by atoms with van der Waals surface area (Å²) in [5.74, 6) is 0.641. The third-order valence-corrected chi connectivity index (χ3v) is 4.48. The monoisotopic (exact) mass is 342 g/mol. The number of aromatic nitrogens is 2. The summed E-state index contributed by atoms with van der Waals surface area (Å²) in [5.41, 5.74) is 2.94. The second kappa shape index (κ2) is 6.78. The molecule has 0 radical (unpaired) electrons. The van der Waals surface area contributed by atoms with Gasteiger partial charge in [-0.25, -0.2) is 4.79 Å². The Morgan fingerprint density at radius 2 is 2.08 bits per heavy atom. The average Bonchev–Trinajstić information content (AvgIpc) is 3.00. The predicted octanol–water partition coefficient (Wildman–Crippen LogP) is 3.85. The molecule has 0 saturated carbocycles. The van der Waals surface area contributed by atoms with E-state index in [4.69, 9.17) is 4.74 Å². The maximum absolute atomic E-state index is 12.5. The lowest BCUT2D eigenvalue weighted by Gasteiger charge is -2.28. The Kier molecular flexibility index (Phi) is 4.70. The zero-order valence-corrected chi connectivity index (χ0v) is 15.3. The Morgan fingerprint density at radius 3 is 2.80 bits per heavy atom. The fraction of sp³-hybridized carbons (Fsp3) is 0.474. The highest BCUT2D eigenvalue weighted by Gasteiger charge is 2.29. The maximum Gasteiger partial charge on any atom is 0.319 e. The van der Waals surface area contributed by atoms with Crippen molar-refractivity contribution in [2.24, 2.45) is 0 Å². The summed E-state index contributed by atoms with van der Waals surface area (Å²) in [6.45, 7) is 6.43. The molecule has 134 valence electrons. The normalized spacial score (nSPS) is 16.9. The Bertz CT molecular complexity index is 761. The van der Waals surface area contributed by atoms with Crippen molar-refractivity contribution in [3.8, 4) is 5.75 Å². The Labute approximate surface area is 148 Å². The number of ether oxygens (including phenoxy) is 1. The molecule has 2 N–H and O–H groups in total. The van der Waals surface area contributed by atoms with Gasteiger partial charge in [0.25, 0.3) is 0 Å². The zero-order valence-electron chi connectivity index (χ0n) is 15.3. The van der Waals surface area contributed by atoms with E-state index in [1.165, 1.54) is 5.69 Å². The second-order valence-corrected chi connectivity index (χ2v) is 7.37. The van der Waals surface area contributed by atoms with Crippen LogP contribution in [-0.4, -0.2) is 22.9 Å². The van der Waals surface area contributed by atoms with Crippen LogP contribution in [0.3, 0.4) is 0 Å². The molecular weight excluding hydrogens is 316 g/mol. The number of nitrogens with zero attached hydrogens (tertiary/aromatic N) is 2. The minimum atomic E-state index is -0.231. The van der Waals surface area contributed by atoms with Crippen LogP contribution in [0, 0.1) is 0 Å². The van der Waals surface area contributed by atoms with E-state index in [1.54, 1.807) is 7.11 Å². The van der Waals surface area contributed by atoms with Crippen molar-refractivity contribution in [1.82, 2.24) is 15.1 Å². The lowest BCUT2D eigenvalue weighted by molar-refractivity contribution is 0.246. The van der Waals surface area contributed by atoms with E-state index in [0.29, 0.717) is 11.4 Å². The van der Waals surface area contributed by atoms with Crippen LogP contribution in [0.5, 0.6) is 5.75 Å². The summed E-state index contributed by atoms with van der Waals surface area (Å²) in [4.78, 5) is 12.5. The number of fused-ring (bicyclic) bond motifs is 1. The third kappa shape index (κ3) is 3.62. The van der Waals surface area contributed by atoms with E-state index in [-0.39, 0.29) is 17.6 Å². The molecule has 0 unspecified atom stereocenters. The molecule has 0 aliphatic heterocycles. The number of carbonyl (C=O) groups is 1. The summed E-state index contributed by atoms with van der Waals surface area (Å²) in [6, 6.07) is 7.13. The number of amides is 2. The van der Waals surface area contributed by atoms with Crippen LogP contribution in [0.2, 0.25) is 0 Å². The van der Waals surface area contributed by atoms with Crippen LogP contribution >= 0.6 is 0 Å². The molecule has 1 atom stereocenters. The number of rotatable bonds is 3. The van der Waals surface area contributed by atoms with Crippen LogP contribution in [0.15, 0.2) is 30.5 Å². The second-order valence-electron chi connectivity index (χ2n) is 7.37. The van der Waals surface area contributed by atoms with Crippen molar-refractivity contribution in [2.45, 2.75) is 51.6 Å². The van der Waals surface area contributed by atoms with E-state index in [2.05, 4.69) is 41.2 Å². The van der Waals surface area contributed by atoms with Gasteiger partial charge in [-0.15, -0.1) is 0 Å². The van der Waals surface area contributed by atoms with E-state index in [9.17, 15) is 4.79 Å². The molecule has 0 bridgehead atoms. The number of methoxy groups -OCH3 is 1. The number of carbonyl (C=O) groups excluding carboxylic acids is 1. The van der Waals surface area contributed by atoms with Gasteiger partial charge in [0.2, 0.25) is 0 Å². The molecule has 0 fully saturated rings. The number of hydrogen-bond donors (Lipinski definition) is 2. The van der Waals surface area contributed by atoms with Crippen molar-refractivity contribution in [3.63, 3.8) is 0 Å². The molecule has 1 heterocycles. The summed E-state index contributed by atoms with van der Waals surface area (Å²) in [5, 5.41) is 10.5. The van der Waals surface area contributed by atoms with Gasteiger partial charge in [-0.05, 0) is 52.2 Å². The highest BCUT2D eigenvalue weighted by atomic mass is 16.5. The summed E-state index contributed by atoms with van der Waals surface area (Å²) in [6.07, 6.45) is 4.85. The van der Waals surface area contributed by atoms with Gasteiger partial charge in [-0.1, -0.05) is 12.1 Å². The number of para-hydroxylation sites is 2. The largest absolute Gasteiger partial charge is 0.495 e. The number of urea groups is 1. The fourth-order valence-electron chi connectivity index (χ4n) is 3.35. The van der Waals surface area contributed by atoms with Gasteiger partial charge in [0.1, 0.15) is 5.75 Å². The van der Waals surface area contributed by atoms with E-state index < -0.39 is 0 Å². The Morgan fingerprint density at radius 1 is 1.32 bits per heavy atom. The van der Waals surface area contributed by atoms with Gasteiger partial charge in [-0.2, -0.15) is 5.10 Å². The highest BCUT2D eigenvalue weighted by Crippen LogP contribution is 2.32. The number of anilines is 1. The quantitative estimate of drug-likeness (QED) is 0.890. The van der Waals surface area contributed by atoms with Gasteiger partial charge in [0.05, 0.1) is 30.6 Å². The lowest BCUT2D eigenvalue weighted by atomic mass is 9.92.